The number of halogens is 1. The van der Waals surface area contributed by atoms with Crippen molar-refractivity contribution in [3.05, 3.63) is 50.9 Å². The molecule has 0 saturated carbocycles. The lowest BCUT2D eigenvalue weighted by Gasteiger charge is -2.08. The van der Waals surface area contributed by atoms with Crippen LogP contribution in [0.25, 0.3) is 0 Å². The zero-order chi connectivity index (χ0) is 14.0. The van der Waals surface area contributed by atoms with Gasteiger partial charge >= 0.3 is 5.69 Å². The summed E-state index contributed by atoms with van der Waals surface area (Å²) < 4.78 is 5.49. The molecule has 2 aromatic rings. The van der Waals surface area contributed by atoms with Gasteiger partial charge in [-0.2, -0.15) is 4.98 Å². The van der Waals surface area contributed by atoms with Gasteiger partial charge in [0.25, 0.3) is 0 Å². The van der Waals surface area contributed by atoms with Gasteiger partial charge in [0, 0.05) is 12.1 Å². The molecule has 0 aliphatic carbocycles. The summed E-state index contributed by atoms with van der Waals surface area (Å²) in [5.41, 5.74) is 0.522. The Balaban J connectivity index is 2.45. The maximum Gasteiger partial charge on any atom is 0.311 e. The van der Waals surface area contributed by atoms with Crippen LogP contribution in [0.4, 0.5) is 5.69 Å². The molecule has 0 bridgehead atoms. The summed E-state index contributed by atoms with van der Waals surface area (Å²) in [7, 11) is 0. The summed E-state index contributed by atoms with van der Waals surface area (Å²) in [6.07, 6.45) is 0. The predicted octanol–water partition coefficient (Wildman–Crippen LogP) is 3.45. The highest BCUT2D eigenvalue weighted by Gasteiger charge is 2.18. The van der Waals surface area contributed by atoms with Crippen molar-refractivity contribution in [2.45, 2.75) is 13.8 Å². The number of aromatic nitrogens is 2. The van der Waals surface area contributed by atoms with Crippen LogP contribution in [0.3, 0.4) is 0 Å². The van der Waals surface area contributed by atoms with Crippen molar-refractivity contribution in [3.63, 3.8) is 0 Å². The molecule has 0 N–H and O–H groups in total. The van der Waals surface area contributed by atoms with Gasteiger partial charge in [-0.3, -0.25) is 10.1 Å². The van der Waals surface area contributed by atoms with Crippen LogP contribution in [-0.4, -0.2) is 14.9 Å². The Kier molecular flexibility index (Phi) is 3.62. The molecule has 1 aromatic heterocycles. The van der Waals surface area contributed by atoms with Crippen LogP contribution in [-0.2, 0) is 0 Å². The molecule has 19 heavy (non-hydrogen) atoms. The standard InChI is InChI=1S/C12H10ClN3O3/c1-7-4-3-5-9(16(17)18)12(7)19-11-6-10(13)14-8(2)15-11/h3-6H,1-2H3. The number of nitro benzene ring substituents is 1. The molecule has 0 radical (unpaired) electrons. The number of hydrogen-bond acceptors (Lipinski definition) is 5. The van der Waals surface area contributed by atoms with Gasteiger partial charge in [0.05, 0.1) is 4.92 Å². The molecule has 6 nitrogen and oxygen atoms in total. The summed E-state index contributed by atoms with van der Waals surface area (Å²) in [6, 6.07) is 6.10. The van der Waals surface area contributed by atoms with Crippen molar-refractivity contribution in [2.75, 3.05) is 0 Å². The van der Waals surface area contributed by atoms with E-state index in [1.807, 2.05) is 0 Å². The monoisotopic (exact) mass is 279 g/mol. The smallest absolute Gasteiger partial charge is 0.311 e. The van der Waals surface area contributed by atoms with Crippen molar-refractivity contribution in [1.82, 2.24) is 9.97 Å². The number of rotatable bonds is 3. The van der Waals surface area contributed by atoms with Gasteiger partial charge in [-0.15, -0.1) is 0 Å². The summed E-state index contributed by atoms with van der Waals surface area (Å²) >= 11 is 5.79. The number of ether oxygens (including phenoxy) is 1. The third-order valence-electron chi connectivity index (χ3n) is 2.38. The summed E-state index contributed by atoms with van der Waals surface area (Å²) in [5, 5.41) is 11.2. The normalized spacial score (nSPS) is 10.3. The molecule has 0 unspecified atom stereocenters. The third kappa shape index (κ3) is 2.97. The lowest BCUT2D eigenvalue weighted by atomic mass is 10.2. The van der Waals surface area contributed by atoms with E-state index >= 15 is 0 Å². The molecule has 0 aliphatic rings. The average molecular weight is 280 g/mol. The maximum atomic E-state index is 11.0. The van der Waals surface area contributed by atoms with Gasteiger partial charge in [-0.1, -0.05) is 23.7 Å². The van der Waals surface area contributed by atoms with Crippen LogP contribution in [0.15, 0.2) is 24.3 Å². The Bertz CT molecular complexity index is 626. The molecule has 98 valence electrons. The van der Waals surface area contributed by atoms with Crippen molar-refractivity contribution in [1.29, 1.82) is 0 Å². The zero-order valence-electron chi connectivity index (χ0n) is 10.3. The molecule has 0 saturated heterocycles. The Hall–Kier alpha value is -2.21. The van der Waals surface area contributed by atoms with E-state index in [1.165, 1.54) is 12.1 Å². The highest BCUT2D eigenvalue weighted by atomic mass is 35.5. The fraction of sp³-hybridized carbons (Fsp3) is 0.167. The van der Waals surface area contributed by atoms with Crippen LogP contribution >= 0.6 is 11.6 Å². The van der Waals surface area contributed by atoms with Gasteiger partial charge in [0.2, 0.25) is 11.6 Å². The second-order valence-corrected chi connectivity index (χ2v) is 4.25. The Labute approximate surface area is 114 Å². The molecule has 0 aliphatic heterocycles. The molecule has 1 heterocycles. The van der Waals surface area contributed by atoms with E-state index in [0.717, 1.165) is 0 Å². The number of aryl methyl sites for hydroxylation is 2. The van der Waals surface area contributed by atoms with Crippen LogP contribution in [0.5, 0.6) is 11.6 Å². The Morgan fingerprint density at radius 3 is 2.68 bits per heavy atom. The van der Waals surface area contributed by atoms with E-state index < -0.39 is 4.92 Å². The molecule has 7 heteroatoms. The summed E-state index contributed by atoms with van der Waals surface area (Å²) in [5.74, 6) is 0.760. The quantitative estimate of drug-likeness (QED) is 0.488. The number of nitrogens with zero attached hydrogens (tertiary/aromatic N) is 3. The Morgan fingerprint density at radius 1 is 1.32 bits per heavy atom. The highest BCUT2D eigenvalue weighted by molar-refractivity contribution is 6.29. The molecule has 1 aromatic carbocycles. The van der Waals surface area contributed by atoms with Crippen LogP contribution in [0.2, 0.25) is 5.15 Å². The first-order valence-electron chi connectivity index (χ1n) is 5.40. The van der Waals surface area contributed by atoms with Crippen molar-refractivity contribution in [2.24, 2.45) is 0 Å². The van der Waals surface area contributed by atoms with E-state index in [4.69, 9.17) is 16.3 Å². The molecular weight excluding hydrogens is 270 g/mol. The lowest BCUT2D eigenvalue weighted by molar-refractivity contribution is -0.385. The first kappa shape index (κ1) is 13.2. The van der Waals surface area contributed by atoms with Gasteiger partial charge in [0.15, 0.2) is 0 Å². The lowest BCUT2D eigenvalue weighted by Crippen LogP contribution is -1.98. The van der Waals surface area contributed by atoms with Gasteiger partial charge in [-0.05, 0) is 19.4 Å². The van der Waals surface area contributed by atoms with Crippen molar-refractivity contribution >= 4 is 17.3 Å². The zero-order valence-corrected chi connectivity index (χ0v) is 11.0. The topological polar surface area (TPSA) is 78.2 Å². The fourth-order valence-corrected chi connectivity index (χ4v) is 1.79. The predicted molar refractivity (Wildman–Crippen MR) is 69.7 cm³/mol. The maximum absolute atomic E-state index is 11.0. The second-order valence-electron chi connectivity index (χ2n) is 3.86. The number of hydrogen-bond donors (Lipinski definition) is 0. The molecule has 0 fully saturated rings. The number of para-hydroxylation sites is 1. The van der Waals surface area contributed by atoms with E-state index in [1.54, 1.807) is 26.0 Å². The summed E-state index contributed by atoms with van der Waals surface area (Å²) in [4.78, 5) is 18.4. The van der Waals surface area contributed by atoms with Crippen LogP contribution in [0.1, 0.15) is 11.4 Å². The highest BCUT2D eigenvalue weighted by Crippen LogP contribution is 2.34. The van der Waals surface area contributed by atoms with Gasteiger partial charge in [0.1, 0.15) is 11.0 Å². The van der Waals surface area contributed by atoms with E-state index in [-0.39, 0.29) is 22.5 Å². The van der Waals surface area contributed by atoms with Crippen LogP contribution < -0.4 is 4.74 Å². The van der Waals surface area contributed by atoms with E-state index in [2.05, 4.69) is 9.97 Å². The minimum Gasteiger partial charge on any atom is -0.431 e. The first-order valence-corrected chi connectivity index (χ1v) is 5.78. The fourth-order valence-electron chi connectivity index (χ4n) is 1.58. The van der Waals surface area contributed by atoms with Crippen LogP contribution in [0, 0.1) is 24.0 Å². The average Bonchev–Trinajstić information content (AvgIpc) is 2.30. The van der Waals surface area contributed by atoms with Crippen molar-refractivity contribution in [3.8, 4) is 11.6 Å². The molecule has 2 rings (SSSR count). The molecular formula is C12H10ClN3O3. The minimum atomic E-state index is -0.502. The molecule has 0 spiro atoms. The van der Waals surface area contributed by atoms with Gasteiger partial charge in [-0.25, -0.2) is 4.98 Å². The van der Waals surface area contributed by atoms with E-state index in [0.29, 0.717) is 11.4 Å². The second kappa shape index (κ2) is 5.19. The SMILES string of the molecule is Cc1nc(Cl)cc(Oc2c(C)cccc2[N+](=O)[O-])n1. The largest absolute Gasteiger partial charge is 0.431 e. The number of nitro groups is 1. The first-order chi connectivity index (χ1) is 8.97. The van der Waals surface area contributed by atoms with Gasteiger partial charge < -0.3 is 4.74 Å². The molecule has 0 atom stereocenters. The third-order valence-corrected chi connectivity index (χ3v) is 2.57. The minimum absolute atomic E-state index is 0.118. The summed E-state index contributed by atoms with van der Waals surface area (Å²) in [6.45, 7) is 3.38. The van der Waals surface area contributed by atoms with E-state index in [9.17, 15) is 10.1 Å². The van der Waals surface area contributed by atoms with Crippen molar-refractivity contribution < 1.29 is 9.66 Å². The number of benzene rings is 1. The molecule has 0 amide bonds. The Morgan fingerprint density at radius 2 is 2.05 bits per heavy atom.